The number of carbonyl (C=O) groups excluding carboxylic acids is 1. The van der Waals surface area contributed by atoms with Crippen molar-refractivity contribution >= 4 is 33.9 Å². The maximum Gasteiger partial charge on any atom is 0.407 e. The van der Waals surface area contributed by atoms with Gasteiger partial charge in [0.2, 0.25) is 0 Å². The zero-order chi connectivity index (χ0) is 27.1. The predicted octanol–water partition coefficient (Wildman–Crippen LogP) is 5.27. The Labute approximate surface area is 232 Å². The highest BCUT2D eigenvalue weighted by Crippen LogP contribution is 2.49. The van der Waals surface area contributed by atoms with E-state index >= 15 is 0 Å². The highest BCUT2D eigenvalue weighted by Gasteiger charge is 2.37. The zero-order valence-electron chi connectivity index (χ0n) is 22.5. The molecule has 2 saturated heterocycles. The minimum absolute atomic E-state index is 0.0724. The number of hydrogen-bond donors (Lipinski definition) is 1. The van der Waals surface area contributed by atoms with Crippen molar-refractivity contribution in [1.82, 2.24) is 9.88 Å². The number of nitrogens with zero attached hydrogens (tertiary/aromatic N) is 4. The van der Waals surface area contributed by atoms with Crippen LogP contribution >= 0.6 is 11.3 Å². The molecule has 6 rings (SSSR count). The maximum atomic E-state index is 13.2. The number of ether oxygens (including phenoxy) is 1. The van der Waals surface area contributed by atoms with Gasteiger partial charge in [-0.1, -0.05) is 26.0 Å². The number of rotatable bonds is 4. The lowest BCUT2D eigenvalue weighted by molar-refractivity contribution is 0.0917. The molecule has 204 valence electrons. The van der Waals surface area contributed by atoms with Crippen LogP contribution in [-0.4, -0.2) is 79.3 Å². The fourth-order valence-electron chi connectivity index (χ4n) is 5.95. The van der Waals surface area contributed by atoms with Gasteiger partial charge in [0.1, 0.15) is 0 Å². The van der Waals surface area contributed by atoms with Crippen molar-refractivity contribution in [2.45, 2.75) is 26.7 Å². The molecule has 1 aromatic carbocycles. The van der Waals surface area contributed by atoms with Crippen LogP contribution in [-0.2, 0) is 11.2 Å². The van der Waals surface area contributed by atoms with Crippen molar-refractivity contribution in [1.29, 1.82) is 0 Å². The molecule has 0 unspecified atom stereocenters. The zero-order valence-corrected chi connectivity index (χ0v) is 23.3. The Kier molecular flexibility index (Phi) is 6.81. The quantitative estimate of drug-likeness (QED) is 0.477. The van der Waals surface area contributed by atoms with E-state index in [9.17, 15) is 14.7 Å². The molecule has 0 spiro atoms. The summed E-state index contributed by atoms with van der Waals surface area (Å²) in [6.45, 7) is 9.71. The molecule has 2 aliphatic heterocycles. The van der Waals surface area contributed by atoms with Crippen molar-refractivity contribution < 1.29 is 19.4 Å². The molecular weight excluding hydrogens is 512 g/mol. The summed E-state index contributed by atoms with van der Waals surface area (Å²) in [6.07, 6.45) is 2.46. The molecular formula is C30H34N4O4S. The number of Topliss-reactive ketones (excluding diaryl/α,β-unsaturated/α-hetero) is 1. The first-order valence-corrected chi connectivity index (χ1v) is 14.4. The Morgan fingerprint density at radius 2 is 1.74 bits per heavy atom. The highest BCUT2D eigenvalue weighted by molar-refractivity contribution is 7.19. The van der Waals surface area contributed by atoms with Crippen molar-refractivity contribution in [2.24, 2.45) is 5.41 Å². The number of pyridine rings is 1. The minimum Gasteiger partial charge on any atom is -0.465 e. The third-order valence-electron chi connectivity index (χ3n) is 7.94. The average Bonchev–Trinajstić information content (AvgIpc) is 3.32. The molecule has 0 bridgehead atoms. The molecule has 4 heterocycles. The first-order valence-electron chi connectivity index (χ1n) is 13.6. The van der Waals surface area contributed by atoms with Gasteiger partial charge in [0, 0.05) is 68.7 Å². The van der Waals surface area contributed by atoms with Gasteiger partial charge in [-0.2, -0.15) is 0 Å². The normalized spacial score (nSPS) is 19.2. The summed E-state index contributed by atoms with van der Waals surface area (Å²) >= 11 is 1.65. The third kappa shape index (κ3) is 5.13. The van der Waals surface area contributed by atoms with E-state index in [0.29, 0.717) is 45.8 Å². The van der Waals surface area contributed by atoms with Crippen molar-refractivity contribution in [3.8, 4) is 22.4 Å². The van der Waals surface area contributed by atoms with Crippen molar-refractivity contribution in [3.63, 3.8) is 0 Å². The van der Waals surface area contributed by atoms with Crippen LogP contribution in [0.3, 0.4) is 0 Å². The van der Waals surface area contributed by atoms with Gasteiger partial charge < -0.3 is 24.5 Å². The largest absolute Gasteiger partial charge is 0.465 e. The minimum atomic E-state index is -0.860. The lowest BCUT2D eigenvalue weighted by Crippen LogP contribution is -2.48. The fourth-order valence-corrected chi connectivity index (χ4v) is 7.28. The Bertz CT molecular complexity index is 1400. The Hall–Kier alpha value is -3.43. The molecule has 0 atom stereocenters. The van der Waals surface area contributed by atoms with E-state index < -0.39 is 6.09 Å². The summed E-state index contributed by atoms with van der Waals surface area (Å²) in [5.74, 6) is 0.247. The van der Waals surface area contributed by atoms with E-state index in [1.807, 2.05) is 12.3 Å². The molecule has 1 N–H and O–H groups in total. The van der Waals surface area contributed by atoms with Gasteiger partial charge >= 0.3 is 6.09 Å². The fraction of sp³-hybridized carbons (Fsp3) is 0.433. The van der Waals surface area contributed by atoms with Gasteiger partial charge in [0.25, 0.3) is 0 Å². The summed E-state index contributed by atoms with van der Waals surface area (Å²) < 4.78 is 5.63. The number of aromatic nitrogens is 1. The molecule has 1 amide bonds. The number of thiophene rings is 1. The summed E-state index contributed by atoms with van der Waals surface area (Å²) in [7, 11) is 0. The number of morpholine rings is 1. The molecule has 3 aromatic rings. The SMILES string of the molecule is CC1(C)CC(=O)c2sc(N3CCOCC3)c(-c3ccnc(-c4cccc(N5CCN(C(=O)O)CC5)c4)c3)c2C1. The van der Waals surface area contributed by atoms with Crippen LogP contribution in [0.15, 0.2) is 42.6 Å². The van der Waals surface area contributed by atoms with E-state index in [2.05, 4.69) is 54.0 Å². The van der Waals surface area contributed by atoms with Crippen LogP contribution in [0.2, 0.25) is 0 Å². The summed E-state index contributed by atoms with van der Waals surface area (Å²) in [5.41, 5.74) is 6.32. The number of benzene rings is 1. The van der Waals surface area contributed by atoms with Crippen LogP contribution in [0.5, 0.6) is 0 Å². The number of carboxylic acid groups (broad SMARTS) is 1. The topological polar surface area (TPSA) is 86.2 Å². The van der Waals surface area contributed by atoms with E-state index in [1.54, 1.807) is 11.3 Å². The Balaban J connectivity index is 1.37. The van der Waals surface area contributed by atoms with Gasteiger partial charge in [-0.05, 0) is 47.2 Å². The predicted molar refractivity (Wildman–Crippen MR) is 154 cm³/mol. The average molecular weight is 547 g/mol. The summed E-state index contributed by atoms with van der Waals surface area (Å²) in [5, 5.41) is 10.4. The second kappa shape index (κ2) is 10.3. The molecule has 0 radical (unpaired) electrons. The van der Waals surface area contributed by atoms with Crippen LogP contribution in [0, 0.1) is 5.41 Å². The van der Waals surface area contributed by atoms with Gasteiger partial charge in [0.05, 0.1) is 28.8 Å². The second-order valence-corrected chi connectivity index (χ2v) is 12.4. The van der Waals surface area contributed by atoms with Gasteiger partial charge in [0.15, 0.2) is 5.78 Å². The monoisotopic (exact) mass is 546 g/mol. The number of fused-ring (bicyclic) bond motifs is 1. The van der Waals surface area contributed by atoms with Gasteiger partial charge in [-0.15, -0.1) is 11.3 Å². The van der Waals surface area contributed by atoms with E-state index in [0.717, 1.165) is 51.9 Å². The molecule has 1 aliphatic carbocycles. The first-order chi connectivity index (χ1) is 18.8. The van der Waals surface area contributed by atoms with Crippen LogP contribution in [0.4, 0.5) is 15.5 Å². The number of amides is 1. The first kappa shape index (κ1) is 25.8. The number of ketones is 1. The third-order valence-corrected chi connectivity index (χ3v) is 9.27. The molecule has 3 aliphatic rings. The van der Waals surface area contributed by atoms with Gasteiger partial charge in [-0.25, -0.2) is 4.79 Å². The van der Waals surface area contributed by atoms with E-state index in [-0.39, 0.29) is 11.2 Å². The molecule has 39 heavy (non-hydrogen) atoms. The van der Waals surface area contributed by atoms with Crippen LogP contribution < -0.4 is 9.80 Å². The lowest BCUT2D eigenvalue weighted by Gasteiger charge is -2.34. The number of anilines is 2. The Morgan fingerprint density at radius 1 is 0.974 bits per heavy atom. The van der Waals surface area contributed by atoms with E-state index in [4.69, 9.17) is 9.72 Å². The standard InChI is InChI=1S/C30H34N4O4S/c1-30(2)18-23-26(28(33-12-14-38-15-13-33)39-27(23)25(35)19-30)21-6-7-31-24(17-21)20-4-3-5-22(16-20)32-8-10-34(11-9-32)29(36)37/h3-7,16-17H,8-15,18-19H2,1-2H3,(H,36,37). The Morgan fingerprint density at radius 3 is 2.49 bits per heavy atom. The van der Waals surface area contributed by atoms with Crippen molar-refractivity contribution in [3.05, 3.63) is 53.0 Å². The number of carbonyl (C=O) groups is 2. The van der Waals surface area contributed by atoms with Crippen LogP contribution in [0.1, 0.15) is 35.5 Å². The van der Waals surface area contributed by atoms with Gasteiger partial charge in [-0.3, -0.25) is 9.78 Å². The molecule has 0 saturated carbocycles. The number of piperazine rings is 1. The molecule has 9 heteroatoms. The van der Waals surface area contributed by atoms with Crippen LogP contribution in [0.25, 0.3) is 22.4 Å². The number of hydrogen-bond acceptors (Lipinski definition) is 7. The highest BCUT2D eigenvalue weighted by atomic mass is 32.1. The molecule has 2 aromatic heterocycles. The smallest absolute Gasteiger partial charge is 0.407 e. The summed E-state index contributed by atoms with van der Waals surface area (Å²) in [4.78, 5) is 36.2. The van der Waals surface area contributed by atoms with Crippen molar-refractivity contribution in [2.75, 3.05) is 62.3 Å². The summed E-state index contributed by atoms with van der Waals surface area (Å²) in [6, 6.07) is 12.5. The lowest BCUT2D eigenvalue weighted by atomic mass is 9.75. The maximum absolute atomic E-state index is 13.2. The molecule has 8 nitrogen and oxygen atoms in total. The van der Waals surface area contributed by atoms with E-state index in [1.165, 1.54) is 16.0 Å². The second-order valence-electron chi connectivity index (χ2n) is 11.4. The molecule has 2 fully saturated rings.